The molecular weight excluding hydrogens is 266 g/mol. The van der Waals surface area contributed by atoms with E-state index in [0.717, 1.165) is 0 Å². The fourth-order valence-corrected chi connectivity index (χ4v) is 1.95. The monoisotopic (exact) mass is 283 g/mol. The zero-order chi connectivity index (χ0) is 14.4. The molecule has 0 bridgehead atoms. The van der Waals surface area contributed by atoms with Gasteiger partial charge in [-0.2, -0.15) is 0 Å². The molecule has 0 spiro atoms. The summed E-state index contributed by atoms with van der Waals surface area (Å²) in [4.78, 5) is 24.3. The lowest BCUT2D eigenvalue weighted by molar-refractivity contribution is -0.137. The molecule has 0 aromatic heterocycles. The van der Waals surface area contributed by atoms with Gasteiger partial charge in [-0.25, -0.2) is 0 Å². The van der Waals surface area contributed by atoms with Gasteiger partial charge < -0.3 is 9.64 Å². The molecule has 0 saturated heterocycles. The Hall–Kier alpha value is -1.55. The molecule has 4 nitrogen and oxygen atoms in total. The average molecular weight is 284 g/mol. The van der Waals surface area contributed by atoms with E-state index < -0.39 is 6.10 Å². The fourth-order valence-electron chi connectivity index (χ4n) is 1.72. The van der Waals surface area contributed by atoms with Crippen LogP contribution in [0.3, 0.4) is 0 Å². The highest BCUT2D eigenvalue weighted by Crippen LogP contribution is 2.26. The summed E-state index contributed by atoms with van der Waals surface area (Å²) in [6.45, 7) is 6.80. The Morgan fingerprint density at radius 3 is 2.53 bits per heavy atom. The van der Waals surface area contributed by atoms with Crippen molar-refractivity contribution in [2.75, 3.05) is 13.1 Å². The second-order valence-electron chi connectivity index (χ2n) is 4.08. The minimum Gasteiger partial charge on any atom is -0.479 e. The van der Waals surface area contributed by atoms with E-state index in [9.17, 15) is 9.59 Å². The van der Waals surface area contributed by atoms with Crippen LogP contribution < -0.4 is 4.74 Å². The molecule has 0 radical (unpaired) electrons. The van der Waals surface area contributed by atoms with Crippen LogP contribution in [0.15, 0.2) is 18.2 Å². The van der Waals surface area contributed by atoms with Crippen LogP contribution in [0.5, 0.6) is 5.75 Å². The van der Waals surface area contributed by atoms with E-state index in [1.165, 1.54) is 6.07 Å². The molecule has 0 saturated carbocycles. The summed E-state index contributed by atoms with van der Waals surface area (Å²) >= 11 is 6.00. The molecule has 1 rings (SSSR count). The quantitative estimate of drug-likeness (QED) is 0.754. The van der Waals surface area contributed by atoms with E-state index in [0.29, 0.717) is 35.7 Å². The number of amides is 1. The molecule has 0 fully saturated rings. The molecular formula is C14H18ClNO3. The molecule has 19 heavy (non-hydrogen) atoms. The third-order valence-electron chi connectivity index (χ3n) is 2.82. The Morgan fingerprint density at radius 2 is 2.05 bits per heavy atom. The van der Waals surface area contributed by atoms with E-state index in [1.807, 2.05) is 13.8 Å². The van der Waals surface area contributed by atoms with Crippen molar-refractivity contribution >= 4 is 23.8 Å². The Balaban J connectivity index is 2.79. The number of carbonyl (C=O) groups excluding carboxylic acids is 2. The molecule has 1 amide bonds. The first-order chi connectivity index (χ1) is 9.03. The number of hydrogen-bond acceptors (Lipinski definition) is 3. The van der Waals surface area contributed by atoms with Crippen molar-refractivity contribution in [3.8, 4) is 5.75 Å². The van der Waals surface area contributed by atoms with Gasteiger partial charge in [-0.05, 0) is 39.0 Å². The van der Waals surface area contributed by atoms with Gasteiger partial charge in [0.1, 0.15) is 12.0 Å². The van der Waals surface area contributed by atoms with Crippen molar-refractivity contribution in [1.29, 1.82) is 0 Å². The van der Waals surface area contributed by atoms with Gasteiger partial charge in [0.25, 0.3) is 5.91 Å². The Bertz CT molecular complexity index is 458. The van der Waals surface area contributed by atoms with E-state index >= 15 is 0 Å². The lowest BCUT2D eigenvalue weighted by Crippen LogP contribution is -2.40. The zero-order valence-electron chi connectivity index (χ0n) is 11.4. The second kappa shape index (κ2) is 7.14. The van der Waals surface area contributed by atoms with Crippen LogP contribution in [-0.4, -0.2) is 36.3 Å². The summed E-state index contributed by atoms with van der Waals surface area (Å²) in [6, 6.07) is 4.71. The van der Waals surface area contributed by atoms with E-state index in [2.05, 4.69) is 0 Å². The molecule has 0 aliphatic carbocycles. The summed E-state index contributed by atoms with van der Waals surface area (Å²) in [5.41, 5.74) is 0.472. The van der Waals surface area contributed by atoms with Gasteiger partial charge >= 0.3 is 0 Å². The van der Waals surface area contributed by atoms with Crippen LogP contribution in [0.1, 0.15) is 31.1 Å². The normalized spacial score (nSPS) is 11.8. The van der Waals surface area contributed by atoms with Gasteiger partial charge in [0.2, 0.25) is 0 Å². The van der Waals surface area contributed by atoms with E-state index in [1.54, 1.807) is 24.0 Å². The predicted molar refractivity (Wildman–Crippen MR) is 74.9 cm³/mol. The van der Waals surface area contributed by atoms with Gasteiger partial charge in [0.05, 0.1) is 5.02 Å². The maximum Gasteiger partial charge on any atom is 0.263 e. The molecule has 5 heteroatoms. The van der Waals surface area contributed by atoms with Gasteiger partial charge in [0.15, 0.2) is 6.10 Å². The van der Waals surface area contributed by atoms with Gasteiger partial charge in [-0.3, -0.25) is 9.59 Å². The number of benzene rings is 1. The SMILES string of the molecule is CCN(CC)C(=O)C(C)Oc1ccc(C=O)cc1Cl. The largest absolute Gasteiger partial charge is 0.479 e. The highest BCUT2D eigenvalue weighted by molar-refractivity contribution is 6.32. The van der Waals surface area contributed by atoms with Gasteiger partial charge in [-0.1, -0.05) is 11.6 Å². The number of carbonyl (C=O) groups is 2. The molecule has 1 unspecified atom stereocenters. The van der Waals surface area contributed by atoms with Crippen molar-refractivity contribution in [3.63, 3.8) is 0 Å². The molecule has 1 atom stereocenters. The smallest absolute Gasteiger partial charge is 0.263 e. The molecule has 104 valence electrons. The molecule has 0 aliphatic heterocycles. The summed E-state index contributed by atoms with van der Waals surface area (Å²) < 4.78 is 5.55. The number of halogens is 1. The standard InChI is InChI=1S/C14H18ClNO3/c1-4-16(5-2)14(18)10(3)19-13-7-6-11(9-17)8-12(13)15/h6-10H,4-5H2,1-3H3. The summed E-state index contributed by atoms with van der Waals surface area (Å²) in [5, 5.41) is 0.323. The number of rotatable bonds is 6. The Kier molecular flexibility index (Phi) is 5.83. The van der Waals surface area contributed by atoms with Crippen molar-refractivity contribution in [3.05, 3.63) is 28.8 Å². The van der Waals surface area contributed by atoms with Crippen molar-refractivity contribution in [2.24, 2.45) is 0 Å². The number of ether oxygens (including phenoxy) is 1. The highest BCUT2D eigenvalue weighted by atomic mass is 35.5. The van der Waals surface area contributed by atoms with E-state index in [4.69, 9.17) is 16.3 Å². The fraction of sp³-hybridized carbons (Fsp3) is 0.429. The number of aldehydes is 1. The molecule has 0 aliphatic rings. The summed E-state index contributed by atoms with van der Waals surface area (Å²) in [5.74, 6) is 0.320. The van der Waals surface area contributed by atoms with Gasteiger partial charge in [0, 0.05) is 18.7 Å². The first-order valence-electron chi connectivity index (χ1n) is 6.23. The van der Waals surface area contributed by atoms with Crippen LogP contribution in [0.4, 0.5) is 0 Å². The minimum absolute atomic E-state index is 0.0828. The number of hydrogen-bond donors (Lipinski definition) is 0. The Morgan fingerprint density at radius 1 is 1.42 bits per heavy atom. The number of likely N-dealkylation sites (N-methyl/N-ethyl adjacent to an activating group) is 1. The third-order valence-corrected chi connectivity index (χ3v) is 3.11. The van der Waals surface area contributed by atoms with Crippen LogP contribution in [0.2, 0.25) is 5.02 Å². The first-order valence-corrected chi connectivity index (χ1v) is 6.61. The average Bonchev–Trinajstić information content (AvgIpc) is 2.42. The predicted octanol–water partition coefficient (Wildman–Crippen LogP) is 2.79. The highest BCUT2D eigenvalue weighted by Gasteiger charge is 2.20. The van der Waals surface area contributed by atoms with Crippen molar-refractivity contribution in [1.82, 2.24) is 4.90 Å². The maximum atomic E-state index is 12.0. The zero-order valence-corrected chi connectivity index (χ0v) is 12.1. The second-order valence-corrected chi connectivity index (χ2v) is 4.49. The van der Waals surface area contributed by atoms with E-state index in [-0.39, 0.29) is 5.91 Å². The van der Waals surface area contributed by atoms with Crippen LogP contribution in [0, 0.1) is 0 Å². The van der Waals surface area contributed by atoms with Crippen molar-refractivity contribution in [2.45, 2.75) is 26.9 Å². The number of nitrogens with zero attached hydrogens (tertiary/aromatic N) is 1. The molecule has 1 aromatic rings. The van der Waals surface area contributed by atoms with Crippen LogP contribution >= 0.6 is 11.6 Å². The lowest BCUT2D eigenvalue weighted by Gasteiger charge is -2.23. The van der Waals surface area contributed by atoms with Gasteiger partial charge in [-0.15, -0.1) is 0 Å². The van der Waals surface area contributed by atoms with Crippen LogP contribution in [-0.2, 0) is 4.79 Å². The first kappa shape index (κ1) is 15.5. The molecule has 0 heterocycles. The molecule has 1 aromatic carbocycles. The lowest BCUT2D eigenvalue weighted by atomic mass is 10.2. The summed E-state index contributed by atoms with van der Waals surface area (Å²) in [6.07, 6.45) is 0.0969. The topological polar surface area (TPSA) is 46.6 Å². The minimum atomic E-state index is -0.612. The summed E-state index contributed by atoms with van der Waals surface area (Å²) in [7, 11) is 0. The Labute approximate surface area is 118 Å². The maximum absolute atomic E-state index is 12.0. The molecule has 0 N–H and O–H groups in total. The van der Waals surface area contributed by atoms with Crippen molar-refractivity contribution < 1.29 is 14.3 Å². The van der Waals surface area contributed by atoms with Crippen LogP contribution in [0.25, 0.3) is 0 Å². The third kappa shape index (κ3) is 3.96.